The first kappa shape index (κ1) is 17.0. The van der Waals surface area contributed by atoms with Gasteiger partial charge in [-0.1, -0.05) is 59.7 Å². The third kappa shape index (κ3) is 4.52. The lowest BCUT2D eigenvalue weighted by atomic mass is 9.79. The van der Waals surface area contributed by atoms with E-state index in [0.717, 1.165) is 16.9 Å². The molecule has 0 fully saturated rings. The standard InChI is InChI=1S/C18H29O2/c1-16(2,3)13-10-9-11-14(17(4,5)6)15(13)20-12-18(7,8)19/h9-11H,12H2,1-8H3. The fraction of sp³-hybridized carbons (Fsp3) is 0.667. The monoisotopic (exact) mass is 277 g/mol. The quantitative estimate of drug-likeness (QED) is 0.775. The van der Waals surface area contributed by atoms with E-state index in [9.17, 15) is 5.11 Å². The molecule has 0 heterocycles. The van der Waals surface area contributed by atoms with Crippen molar-refractivity contribution in [2.45, 2.75) is 71.8 Å². The van der Waals surface area contributed by atoms with Gasteiger partial charge in [0, 0.05) is 0 Å². The van der Waals surface area contributed by atoms with Crippen molar-refractivity contribution in [1.82, 2.24) is 0 Å². The molecular weight excluding hydrogens is 248 g/mol. The summed E-state index contributed by atoms with van der Waals surface area (Å²) >= 11 is 0. The molecule has 1 rings (SSSR count). The number of para-hydroxylation sites is 1. The predicted molar refractivity (Wildman–Crippen MR) is 84.1 cm³/mol. The van der Waals surface area contributed by atoms with Crippen molar-refractivity contribution in [3.8, 4) is 5.75 Å². The van der Waals surface area contributed by atoms with E-state index < -0.39 is 5.60 Å². The Morgan fingerprint density at radius 3 is 1.55 bits per heavy atom. The van der Waals surface area contributed by atoms with Crippen LogP contribution in [0.4, 0.5) is 0 Å². The lowest BCUT2D eigenvalue weighted by Crippen LogP contribution is -2.28. The second-order valence-corrected chi connectivity index (χ2v) is 8.23. The second kappa shape index (κ2) is 5.40. The fourth-order valence-electron chi connectivity index (χ4n) is 2.12. The van der Waals surface area contributed by atoms with Crippen molar-refractivity contribution in [3.63, 3.8) is 0 Å². The Morgan fingerprint density at radius 2 is 1.25 bits per heavy atom. The molecule has 0 spiro atoms. The van der Waals surface area contributed by atoms with Crippen LogP contribution in [-0.4, -0.2) is 12.2 Å². The first-order valence-corrected chi connectivity index (χ1v) is 7.29. The van der Waals surface area contributed by atoms with E-state index in [1.807, 2.05) is 0 Å². The first-order valence-electron chi connectivity index (χ1n) is 7.29. The highest BCUT2D eigenvalue weighted by molar-refractivity contribution is 5.48. The summed E-state index contributed by atoms with van der Waals surface area (Å²) in [5, 5.41) is 11.9. The van der Waals surface area contributed by atoms with E-state index in [2.05, 4.69) is 59.7 Å². The average molecular weight is 277 g/mol. The summed E-state index contributed by atoms with van der Waals surface area (Å²) in [6, 6.07) is 6.28. The van der Waals surface area contributed by atoms with Crippen LogP contribution in [0.15, 0.2) is 18.2 Å². The molecule has 0 amide bonds. The lowest BCUT2D eigenvalue weighted by Gasteiger charge is -2.30. The minimum atomic E-state index is -1.08. The molecule has 2 nitrogen and oxygen atoms in total. The third-order valence-electron chi connectivity index (χ3n) is 3.20. The molecule has 0 saturated carbocycles. The molecule has 20 heavy (non-hydrogen) atoms. The molecule has 0 bridgehead atoms. The molecule has 113 valence electrons. The minimum Gasteiger partial charge on any atom is -0.490 e. The van der Waals surface area contributed by atoms with Gasteiger partial charge >= 0.3 is 0 Å². The van der Waals surface area contributed by atoms with E-state index >= 15 is 0 Å². The van der Waals surface area contributed by atoms with E-state index in [4.69, 9.17) is 4.74 Å². The third-order valence-corrected chi connectivity index (χ3v) is 3.20. The SMILES string of the molecule is CC(C)([O])COc1c(C(C)(C)C)cccc1C(C)(C)C. The Kier molecular flexibility index (Phi) is 4.60. The Bertz CT molecular complexity index is 422. The van der Waals surface area contributed by atoms with Crippen LogP contribution < -0.4 is 4.74 Å². The summed E-state index contributed by atoms with van der Waals surface area (Å²) in [4.78, 5) is 0. The van der Waals surface area contributed by atoms with E-state index in [1.54, 1.807) is 13.8 Å². The lowest BCUT2D eigenvalue weighted by molar-refractivity contribution is -0.0329. The maximum atomic E-state index is 11.9. The topological polar surface area (TPSA) is 29.1 Å². The van der Waals surface area contributed by atoms with Crippen molar-refractivity contribution in [3.05, 3.63) is 29.3 Å². The van der Waals surface area contributed by atoms with Crippen LogP contribution in [-0.2, 0) is 15.9 Å². The maximum absolute atomic E-state index is 11.9. The molecule has 0 aliphatic rings. The van der Waals surface area contributed by atoms with Gasteiger partial charge in [0.15, 0.2) is 0 Å². The Hall–Kier alpha value is -1.02. The minimum absolute atomic E-state index is 0.0103. The van der Waals surface area contributed by atoms with Crippen molar-refractivity contribution < 1.29 is 9.84 Å². The highest BCUT2D eigenvalue weighted by Gasteiger charge is 2.28. The van der Waals surface area contributed by atoms with Gasteiger partial charge in [0.05, 0.1) is 0 Å². The molecule has 0 aromatic heterocycles. The van der Waals surface area contributed by atoms with Gasteiger partial charge in [0.2, 0.25) is 0 Å². The van der Waals surface area contributed by atoms with Crippen LogP contribution in [0, 0.1) is 0 Å². The molecule has 0 aliphatic heterocycles. The largest absolute Gasteiger partial charge is 0.490 e. The average Bonchev–Trinajstić information content (AvgIpc) is 2.22. The maximum Gasteiger partial charge on any atom is 0.132 e. The van der Waals surface area contributed by atoms with E-state index in [0.29, 0.717) is 0 Å². The van der Waals surface area contributed by atoms with Crippen LogP contribution in [0.2, 0.25) is 0 Å². The van der Waals surface area contributed by atoms with Gasteiger partial charge in [-0.3, -0.25) is 0 Å². The van der Waals surface area contributed by atoms with Gasteiger partial charge in [0.1, 0.15) is 18.0 Å². The normalized spacial score (nSPS) is 13.4. The van der Waals surface area contributed by atoms with Gasteiger partial charge in [-0.15, -0.1) is 0 Å². The summed E-state index contributed by atoms with van der Waals surface area (Å²) < 4.78 is 5.97. The summed E-state index contributed by atoms with van der Waals surface area (Å²) in [6.45, 7) is 16.5. The molecule has 2 heteroatoms. The van der Waals surface area contributed by atoms with Gasteiger partial charge in [-0.25, -0.2) is 5.11 Å². The molecule has 0 atom stereocenters. The Labute approximate surface area is 124 Å². The van der Waals surface area contributed by atoms with Crippen molar-refractivity contribution in [2.24, 2.45) is 0 Å². The summed E-state index contributed by atoms with van der Waals surface area (Å²) in [6.07, 6.45) is 0. The number of ether oxygens (including phenoxy) is 1. The molecule has 0 N–H and O–H groups in total. The van der Waals surface area contributed by atoms with Crippen LogP contribution in [0.5, 0.6) is 5.75 Å². The van der Waals surface area contributed by atoms with E-state index in [1.165, 1.54) is 0 Å². The highest BCUT2D eigenvalue weighted by Crippen LogP contribution is 2.39. The molecule has 1 aromatic rings. The van der Waals surface area contributed by atoms with Crippen LogP contribution in [0.3, 0.4) is 0 Å². The molecule has 1 radical (unpaired) electrons. The zero-order chi connectivity index (χ0) is 15.8. The molecule has 0 unspecified atom stereocenters. The van der Waals surface area contributed by atoms with Gasteiger partial charge in [-0.2, -0.15) is 0 Å². The Balaban J connectivity index is 3.34. The predicted octanol–water partition coefficient (Wildman–Crippen LogP) is 4.87. The van der Waals surface area contributed by atoms with Crippen LogP contribution >= 0.6 is 0 Å². The van der Waals surface area contributed by atoms with Gasteiger partial charge in [0.25, 0.3) is 0 Å². The Morgan fingerprint density at radius 1 is 0.850 bits per heavy atom. The van der Waals surface area contributed by atoms with E-state index in [-0.39, 0.29) is 17.4 Å². The molecule has 1 aromatic carbocycles. The number of hydrogen-bond acceptors (Lipinski definition) is 1. The van der Waals surface area contributed by atoms with Gasteiger partial charge in [-0.05, 0) is 35.8 Å². The van der Waals surface area contributed by atoms with Gasteiger partial charge < -0.3 is 4.74 Å². The summed E-state index contributed by atoms with van der Waals surface area (Å²) in [5.41, 5.74) is 1.22. The number of benzene rings is 1. The zero-order valence-corrected chi connectivity index (χ0v) is 14.3. The molecule has 0 saturated heterocycles. The smallest absolute Gasteiger partial charge is 0.132 e. The summed E-state index contributed by atoms with van der Waals surface area (Å²) in [5.74, 6) is 0.886. The van der Waals surface area contributed by atoms with Crippen molar-refractivity contribution >= 4 is 0 Å². The fourth-order valence-corrected chi connectivity index (χ4v) is 2.12. The number of rotatable bonds is 3. The number of hydrogen-bond donors (Lipinski definition) is 0. The highest BCUT2D eigenvalue weighted by atomic mass is 16.5. The first-order chi connectivity index (χ1) is 8.82. The van der Waals surface area contributed by atoms with Crippen molar-refractivity contribution in [2.75, 3.05) is 6.61 Å². The molecule has 0 aliphatic carbocycles. The molecular formula is C18H29O2. The van der Waals surface area contributed by atoms with Crippen molar-refractivity contribution in [1.29, 1.82) is 0 Å². The zero-order valence-electron chi connectivity index (χ0n) is 14.3. The second-order valence-electron chi connectivity index (χ2n) is 8.23. The summed E-state index contributed by atoms with van der Waals surface area (Å²) in [7, 11) is 0. The van der Waals surface area contributed by atoms with Crippen LogP contribution in [0.25, 0.3) is 0 Å². The van der Waals surface area contributed by atoms with Crippen LogP contribution in [0.1, 0.15) is 66.5 Å².